The lowest BCUT2D eigenvalue weighted by atomic mass is 10.1. The second-order valence-corrected chi connectivity index (χ2v) is 8.64. The van der Waals surface area contributed by atoms with E-state index in [0.29, 0.717) is 13.1 Å². The molecule has 150 valence electrons. The minimum Gasteiger partial charge on any atom is -0.480 e. The summed E-state index contributed by atoms with van der Waals surface area (Å²) in [5.74, 6) is -1.61. The Labute approximate surface area is 163 Å². The van der Waals surface area contributed by atoms with E-state index in [4.69, 9.17) is 4.74 Å². The zero-order chi connectivity index (χ0) is 20.0. The van der Waals surface area contributed by atoms with Crippen molar-refractivity contribution in [2.45, 2.75) is 64.6 Å². The van der Waals surface area contributed by atoms with Crippen molar-refractivity contribution in [1.29, 1.82) is 0 Å². The lowest BCUT2D eigenvalue weighted by Crippen LogP contribution is -2.42. The standard InChI is InChI=1S/C19H28N2O5S/c1-19(2,3)26-10-7-14(18(24)25)20-16(22)4-5-17(23)21-9-6-15-13(12-21)8-11-27-15/h8,11,14H,4-7,9-10,12H2,1-3H3,(H,20,22)(H,24,25). The van der Waals surface area contributed by atoms with Gasteiger partial charge in [0.05, 0.1) is 5.60 Å². The van der Waals surface area contributed by atoms with E-state index in [1.807, 2.05) is 32.2 Å². The van der Waals surface area contributed by atoms with E-state index < -0.39 is 17.9 Å². The zero-order valence-electron chi connectivity index (χ0n) is 16.1. The van der Waals surface area contributed by atoms with E-state index >= 15 is 0 Å². The van der Waals surface area contributed by atoms with Crippen LogP contribution in [0.1, 0.15) is 50.5 Å². The number of aliphatic carboxylic acids is 1. The minimum atomic E-state index is -1.10. The summed E-state index contributed by atoms with van der Waals surface area (Å²) in [4.78, 5) is 38.8. The van der Waals surface area contributed by atoms with Crippen LogP contribution in [0.2, 0.25) is 0 Å². The smallest absolute Gasteiger partial charge is 0.326 e. The number of nitrogens with one attached hydrogen (secondary N) is 1. The summed E-state index contributed by atoms with van der Waals surface area (Å²) in [6, 6.07) is 1.02. The van der Waals surface area contributed by atoms with E-state index in [2.05, 4.69) is 5.32 Å². The Balaban J connectivity index is 1.75. The van der Waals surface area contributed by atoms with Gasteiger partial charge >= 0.3 is 5.97 Å². The Kier molecular flexibility index (Phi) is 7.38. The monoisotopic (exact) mass is 396 g/mol. The van der Waals surface area contributed by atoms with Gasteiger partial charge in [0, 0.05) is 43.8 Å². The van der Waals surface area contributed by atoms with Gasteiger partial charge in [-0.05, 0) is 44.2 Å². The highest BCUT2D eigenvalue weighted by Gasteiger charge is 2.24. The van der Waals surface area contributed by atoms with Crippen molar-refractivity contribution in [3.63, 3.8) is 0 Å². The normalized spacial score (nSPS) is 15.1. The molecule has 2 amide bonds. The first-order valence-corrected chi connectivity index (χ1v) is 10.0. The van der Waals surface area contributed by atoms with E-state index in [1.165, 1.54) is 10.4 Å². The molecule has 7 nitrogen and oxygen atoms in total. The highest BCUT2D eigenvalue weighted by atomic mass is 32.1. The molecule has 27 heavy (non-hydrogen) atoms. The van der Waals surface area contributed by atoms with Crippen LogP contribution in [0.15, 0.2) is 11.4 Å². The van der Waals surface area contributed by atoms with Crippen molar-refractivity contribution in [3.8, 4) is 0 Å². The number of rotatable bonds is 8. The SMILES string of the molecule is CC(C)(C)OCCC(NC(=O)CCC(=O)N1CCc2sccc2C1)C(=O)O. The summed E-state index contributed by atoms with van der Waals surface area (Å²) in [5, 5.41) is 13.8. The molecule has 1 aromatic rings. The van der Waals surface area contributed by atoms with Crippen LogP contribution >= 0.6 is 11.3 Å². The van der Waals surface area contributed by atoms with Gasteiger partial charge in [0.25, 0.3) is 0 Å². The molecule has 0 spiro atoms. The Hall–Kier alpha value is -1.93. The number of fused-ring (bicyclic) bond motifs is 1. The number of amides is 2. The van der Waals surface area contributed by atoms with Crippen LogP contribution in [0.3, 0.4) is 0 Å². The van der Waals surface area contributed by atoms with Gasteiger partial charge in [0.1, 0.15) is 6.04 Å². The molecule has 2 rings (SSSR count). The molecule has 0 bridgehead atoms. The molecule has 0 saturated carbocycles. The summed E-state index contributed by atoms with van der Waals surface area (Å²) in [5.41, 5.74) is 0.810. The number of hydrogen-bond acceptors (Lipinski definition) is 5. The molecule has 1 aliphatic rings. The predicted molar refractivity (Wildman–Crippen MR) is 103 cm³/mol. The average Bonchev–Trinajstić information content (AvgIpc) is 3.05. The van der Waals surface area contributed by atoms with Crippen LogP contribution in [0.4, 0.5) is 0 Å². The Morgan fingerprint density at radius 1 is 1.33 bits per heavy atom. The number of carbonyl (C=O) groups is 3. The molecule has 0 fully saturated rings. The number of carboxylic acid groups (broad SMARTS) is 1. The molecular formula is C19H28N2O5S. The van der Waals surface area contributed by atoms with Gasteiger partial charge in [-0.2, -0.15) is 0 Å². The van der Waals surface area contributed by atoms with Gasteiger partial charge in [-0.15, -0.1) is 11.3 Å². The van der Waals surface area contributed by atoms with Gasteiger partial charge in [-0.1, -0.05) is 0 Å². The van der Waals surface area contributed by atoms with Crippen LogP contribution in [-0.4, -0.2) is 52.6 Å². The van der Waals surface area contributed by atoms with Crippen molar-refractivity contribution in [2.24, 2.45) is 0 Å². The largest absolute Gasteiger partial charge is 0.480 e. The Morgan fingerprint density at radius 3 is 2.74 bits per heavy atom. The minimum absolute atomic E-state index is 0.0181. The number of ether oxygens (including phenoxy) is 1. The first kappa shape index (κ1) is 21.4. The molecule has 2 heterocycles. The number of thiophene rings is 1. The predicted octanol–water partition coefficient (Wildman–Crippen LogP) is 2.19. The number of carbonyl (C=O) groups excluding carboxylic acids is 2. The van der Waals surface area contributed by atoms with Crippen LogP contribution < -0.4 is 5.32 Å². The Morgan fingerprint density at radius 2 is 2.07 bits per heavy atom. The highest BCUT2D eigenvalue weighted by Crippen LogP contribution is 2.24. The second-order valence-electron chi connectivity index (χ2n) is 7.64. The fourth-order valence-corrected chi connectivity index (χ4v) is 3.74. The zero-order valence-corrected chi connectivity index (χ0v) is 16.9. The lowest BCUT2D eigenvalue weighted by molar-refractivity contribution is -0.143. The summed E-state index contributed by atoms with van der Waals surface area (Å²) in [7, 11) is 0. The molecule has 1 aromatic heterocycles. The fraction of sp³-hybridized carbons (Fsp3) is 0.632. The maximum absolute atomic E-state index is 12.3. The number of nitrogens with zero attached hydrogens (tertiary/aromatic N) is 1. The van der Waals surface area contributed by atoms with Crippen molar-refractivity contribution in [1.82, 2.24) is 10.2 Å². The van der Waals surface area contributed by atoms with E-state index in [1.54, 1.807) is 16.2 Å². The highest BCUT2D eigenvalue weighted by molar-refractivity contribution is 7.10. The topological polar surface area (TPSA) is 95.9 Å². The number of carboxylic acids is 1. The molecule has 0 saturated heterocycles. The molecular weight excluding hydrogens is 368 g/mol. The van der Waals surface area contributed by atoms with Crippen molar-refractivity contribution in [2.75, 3.05) is 13.2 Å². The molecule has 0 aliphatic carbocycles. The second kappa shape index (κ2) is 9.32. The van der Waals surface area contributed by atoms with Crippen LogP contribution in [-0.2, 0) is 32.1 Å². The molecule has 1 atom stereocenters. The third-order valence-corrected chi connectivity index (χ3v) is 5.32. The van der Waals surface area contributed by atoms with Gasteiger partial charge in [0.15, 0.2) is 0 Å². The van der Waals surface area contributed by atoms with Gasteiger partial charge in [0.2, 0.25) is 11.8 Å². The molecule has 1 unspecified atom stereocenters. The van der Waals surface area contributed by atoms with Crippen LogP contribution in [0, 0.1) is 0 Å². The summed E-state index contributed by atoms with van der Waals surface area (Å²) in [6.07, 6.45) is 1.09. The van der Waals surface area contributed by atoms with Crippen molar-refractivity contribution < 1.29 is 24.2 Å². The summed E-state index contributed by atoms with van der Waals surface area (Å²) < 4.78 is 5.52. The lowest BCUT2D eigenvalue weighted by Gasteiger charge is -2.27. The van der Waals surface area contributed by atoms with Crippen molar-refractivity contribution >= 4 is 29.1 Å². The molecule has 0 aromatic carbocycles. The fourth-order valence-electron chi connectivity index (χ4n) is 2.85. The molecule has 2 N–H and O–H groups in total. The first-order valence-electron chi connectivity index (χ1n) is 9.15. The third kappa shape index (κ3) is 6.95. The Bertz CT molecular complexity index is 680. The number of hydrogen-bond donors (Lipinski definition) is 2. The van der Waals surface area contributed by atoms with Gasteiger partial charge < -0.3 is 20.1 Å². The first-order chi connectivity index (χ1) is 12.7. The van der Waals surface area contributed by atoms with E-state index in [0.717, 1.165) is 6.42 Å². The van der Waals surface area contributed by atoms with Crippen LogP contribution in [0.5, 0.6) is 0 Å². The average molecular weight is 397 g/mol. The quantitative estimate of drug-likeness (QED) is 0.702. The molecule has 1 aliphatic heterocycles. The maximum atomic E-state index is 12.3. The molecule has 0 radical (unpaired) electrons. The van der Waals surface area contributed by atoms with E-state index in [9.17, 15) is 19.5 Å². The van der Waals surface area contributed by atoms with Gasteiger partial charge in [-0.25, -0.2) is 4.79 Å². The van der Waals surface area contributed by atoms with E-state index in [-0.39, 0.29) is 37.4 Å². The van der Waals surface area contributed by atoms with Crippen molar-refractivity contribution in [3.05, 3.63) is 21.9 Å². The summed E-state index contributed by atoms with van der Waals surface area (Å²) >= 11 is 1.71. The van der Waals surface area contributed by atoms with Crippen LogP contribution in [0.25, 0.3) is 0 Å². The summed E-state index contributed by atoms with van der Waals surface area (Å²) in [6.45, 7) is 7.12. The third-order valence-electron chi connectivity index (χ3n) is 4.30. The molecule has 8 heteroatoms. The van der Waals surface area contributed by atoms with Gasteiger partial charge in [-0.3, -0.25) is 9.59 Å². The maximum Gasteiger partial charge on any atom is 0.326 e.